The molecule has 0 bridgehead atoms. The van der Waals surface area contributed by atoms with Gasteiger partial charge in [0.25, 0.3) is 0 Å². The van der Waals surface area contributed by atoms with E-state index in [0.29, 0.717) is 17.9 Å². The summed E-state index contributed by atoms with van der Waals surface area (Å²) >= 11 is 0. The van der Waals surface area contributed by atoms with E-state index in [2.05, 4.69) is 45.0 Å². The molecule has 0 spiro atoms. The average Bonchev–Trinajstić information content (AvgIpc) is 2.61. The Balaban J connectivity index is 1.88. The van der Waals surface area contributed by atoms with E-state index in [0.717, 1.165) is 5.92 Å². The summed E-state index contributed by atoms with van der Waals surface area (Å²) in [5, 5.41) is 0. The molecule has 20 heavy (non-hydrogen) atoms. The number of rotatable bonds is 3. The van der Waals surface area contributed by atoms with Gasteiger partial charge in [-0.25, -0.2) is 0 Å². The van der Waals surface area contributed by atoms with Gasteiger partial charge in [0.1, 0.15) is 0 Å². The van der Waals surface area contributed by atoms with Gasteiger partial charge in [-0.05, 0) is 49.7 Å². The lowest BCUT2D eigenvalue weighted by atomic mass is 9.73. The van der Waals surface area contributed by atoms with E-state index in [1.165, 1.54) is 30.4 Å². The number of nitrogens with two attached hydrogens (primary N) is 1. The maximum absolute atomic E-state index is 6.68. The van der Waals surface area contributed by atoms with Gasteiger partial charge in [0, 0.05) is 12.0 Å². The van der Waals surface area contributed by atoms with Crippen molar-refractivity contribution < 1.29 is 4.74 Å². The molecular weight excluding hydrogens is 246 g/mol. The van der Waals surface area contributed by atoms with Crippen LogP contribution in [0.25, 0.3) is 0 Å². The summed E-state index contributed by atoms with van der Waals surface area (Å²) in [6.07, 6.45) is 4.59. The van der Waals surface area contributed by atoms with Crippen LogP contribution in [0.3, 0.4) is 0 Å². The van der Waals surface area contributed by atoms with Crippen LogP contribution in [0.5, 0.6) is 0 Å². The summed E-state index contributed by atoms with van der Waals surface area (Å²) in [6.45, 7) is 6.63. The fourth-order valence-corrected chi connectivity index (χ4v) is 4.03. The Morgan fingerprint density at radius 2 is 1.80 bits per heavy atom. The Hall–Kier alpha value is -0.860. The lowest BCUT2D eigenvalue weighted by Gasteiger charge is -2.33. The first-order valence-electron chi connectivity index (χ1n) is 8.09. The Morgan fingerprint density at radius 1 is 1.10 bits per heavy atom. The van der Waals surface area contributed by atoms with Crippen LogP contribution in [0.2, 0.25) is 0 Å². The van der Waals surface area contributed by atoms with E-state index in [9.17, 15) is 0 Å². The van der Waals surface area contributed by atoms with Crippen LogP contribution in [0.1, 0.15) is 63.1 Å². The summed E-state index contributed by atoms with van der Waals surface area (Å²) in [7, 11) is 0. The second-order valence-corrected chi connectivity index (χ2v) is 6.77. The van der Waals surface area contributed by atoms with Gasteiger partial charge < -0.3 is 10.5 Å². The largest absolute Gasteiger partial charge is 0.375 e. The molecule has 3 rings (SSSR count). The van der Waals surface area contributed by atoms with Gasteiger partial charge in [0.05, 0.1) is 12.2 Å². The lowest BCUT2D eigenvalue weighted by Crippen LogP contribution is -2.32. The van der Waals surface area contributed by atoms with Crippen molar-refractivity contribution in [2.45, 2.75) is 64.2 Å². The third-order valence-corrected chi connectivity index (χ3v) is 5.63. The van der Waals surface area contributed by atoms with E-state index in [4.69, 9.17) is 10.5 Å². The Labute approximate surface area is 122 Å². The molecule has 2 fully saturated rings. The maximum atomic E-state index is 6.68. The normalized spacial score (nSPS) is 35.8. The van der Waals surface area contributed by atoms with Crippen LogP contribution in [0.15, 0.2) is 24.3 Å². The minimum Gasteiger partial charge on any atom is -0.375 e. The van der Waals surface area contributed by atoms with Gasteiger partial charge in [-0.1, -0.05) is 37.6 Å². The number of benzene rings is 1. The fourth-order valence-electron chi connectivity index (χ4n) is 4.03. The van der Waals surface area contributed by atoms with E-state index >= 15 is 0 Å². The molecule has 110 valence electrons. The van der Waals surface area contributed by atoms with Crippen LogP contribution < -0.4 is 5.73 Å². The highest BCUT2D eigenvalue weighted by Crippen LogP contribution is 2.44. The van der Waals surface area contributed by atoms with E-state index in [1.807, 2.05) is 0 Å². The smallest absolute Gasteiger partial charge is 0.0600 e. The predicted octanol–water partition coefficient (Wildman–Crippen LogP) is 4.01. The van der Waals surface area contributed by atoms with Crippen molar-refractivity contribution in [1.29, 1.82) is 0 Å². The first-order chi connectivity index (χ1) is 9.59. The van der Waals surface area contributed by atoms with E-state index < -0.39 is 0 Å². The molecule has 5 unspecified atom stereocenters. The second-order valence-electron chi connectivity index (χ2n) is 6.77. The van der Waals surface area contributed by atoms with Gasteiger partial charge >= 0.3 is 0 Å². The molecule has 0 aromatic heterocycles. The number of ether oxygens (including phenoxy) is 1. The molecule has 1 saturated heterocycles. The van der Waals surface area contributed by atoms with Crippen LogP contribution >= 0.6 is 0 Å². The molecule has 5 atom stereocenters. The summed E-state index contributed by atoms with van der Waals surface area (Å²) in [5.74, 6) is 1.68. The maximum Gasteiger partial charge on any atom is 0.0600 e. The topological polar surface area (TPSA) is 35.2 Å². The van der Waals surface area contributed by atoms with Gasteiger partial charge in [-0.2, -0.15) is 0 Å². The van der Waals surface area contributed by atoms with Gasteiger partial charge in [-0.15, -0.1) is 0 Å². The molecule has 1 heterocycles. The SMILES string of the molecule is CC1OC(C)C(C(N)c2ccccc2C2CCC2)C1C. The Morgan fingerprint density at radius 3 is 2.35 bits per heavy atom. The summed E-state index contributed by atoms with van der Waals surface area (Å²) in [4.78, 5) is 0. The molecule has 2 aliphatic rings. The number of hydrogen-bond donors (Lipinski definition) is 1. The van der Waals surface area contributed by atoms with Crippen molar-refractivity contribution in [1.82, 2.24) is 0 Å². The van der Waals surface area contributed by atoms with Crippen LogP contribution in [0, 0.1) is 11.8 Å². The van der Waals surface area contributed by atoms with Crippen molar-refractivity contribution in [2.75, 3.05) is 0 Å². The van der Waals surface area contributed by atoms with Crippen molar-refractivity contribution in [2.24, 2.45) is 17.6 Å². The molecule has 1 aliphatic carbocycles. The summed E-state index contributed by atoms with van der Waals surface area (Å²) in [5.41, 5.74) is 9.53. The Bertz CT molecular complexity index is 468. The summed E-state index contributed by atoms with van der Waals surface area (Å²) in [6, 6.07) is 8.91. The standard InChI is InChI=1S/C18H27NO/c1-11-12(2)20-13(3)17(11)18(19)16-10-5-4-9-15(16)14-7-6-8-14/h4-5,9-14,17-18H,6-8,19H2,1-3H3. The monoisotopic (exact) mass is 273 g/mol. The van der Waals surface area contributed by atoms with Crippen molar-refractivity contribution in [3.05, 3.63) is 35.4 Å². The zero-order chi connectivity index (χ0) is 14.3. The zero-order valence-electron chi connectivity index (χ0n) is 12.9. The van der Waals surface area contributed by atoms with E-state index in [-0.39, 0.29) is 12.1 Å². The van der Waals surface area contributed by atoms with Crippen LogP contribution in [0.4, 0.5) is 0 Å². The van der Waals surface area contributed by atoms with Crippen molar-refractivity contribution >= 4 is 0 Å². The molecule has 1 aromatic carbocycles. The predicted molar refractivity (Wildman–Crippen MR) is 82.6 cm³/mol. The highest BCUT2D eigenvalue weighted by atomic mass is 16.5. The van der Waals surface area contributed by atoms with Gasteiger partial charge in [0.15, 0.2) is 0 Å². The van der Waals surface area contributed by atoms with Crippen molar-refractivity contribution in [3.63, 3.8) is 0 Å². The first-order valence-corrected chi connectivity index (χ1v) is 8.09. The summed E-state index contributed by atoms with van der Waals surface area (Å²) < 4.78 is 5.99. The molecule has 1 aliphatic heterocycles. The molecule has 2 N–H and O–H groups in total. The molecule has 1 aromatic rings. The van der Waals surface area contributed by atoms with Gasteiger partial charge in [-0.3, -0.25) is 0 Å². The first kappa shape index (κ1) is 14.1. The molecule has 0 radical (unpaired) electrons. The van der Waals surface area contributed by atoms with Gasteiger partial charge in [0.2, 0.25) is 0 Å². The third-order valence-electron chi connectivity index (χ3n) is 5.63. The lowest BCUT2D eigenvalue weighted by molar-refractivity contribution is 0.0489. The Kier molecular flexibility index (Phi) is 3.87. The number of hydrogen-bond acceptors (Lipinski definition) is 2. The third kappa shape index (κ3) is 2.29. The highest BCUT2D eigenvalue weighted by Gasteiger charge is 2.41. The van der Waals surface area contributed by atoms with Crippen LogP contribution in [-0.2, 0) is 4.74 Å². The highest BCUT2D eigenvalue weighted by molar-refractivity contribution is 5.34. The minimum atomic E-state index is 0.0988. The molecule has 0 amide bonds. The molecular formula is C18H27NO. The fraction of sp³-hybridized carbons (Fsp3) is 0.667. The molecule has 1 saturated carbocycles. The second kappa shape index (κ2) is 5.50. The minimum absolute atomic E-state index is 0.0988. The average molecular weight is 273 g/mol. The van der Waals surface area contributed by atoms with Crippen molar-refractivity contribution in [3.8, 4) is 0 Å². The molecule has 2 heteroatoms. The quantitative estimate of drug-likeness (QED) is 0.903. The molecule has 2 nitrogen and oxygen atoms in total. The van der Waals surface area contributed by atoms with E-state index in [1.54, 1.807) is 0 Å². The van der Waals surface area contributed by atoms with Crippen LogP contribution in [-0.4, -0.2) is 12.2 Å². The zero-order valence-corrected chi connectivity index (χ0v) is 12.9.